The van der Waals surface area contributed by atoms with E-state index in [1.165, 1.54) is 0 Å². The Kier molecular flexibility index (Phi) is 4.05. The molecule has 1 aromatic heterocycles. The minimum atomic E-state index is -0.632. The Balaban J connectivity index is 1.90. The van der Waals surface area contributed by atoms with Crippen LogP contribution in [0.5, 0.6) is 5.75 Å². The molecule has 0 fully saturated rings. The number of ether oxygens (including phenoxy) is 1. The molecular formula is C18H12ClNO3. The summed E-state index contributed by atoms with van der Waals surface area (Å²) in [5.41, 5.74) is 1.40. The highest BCUT2D eigenvalue weighted by Gasteiger charge is 2.11. The van der Waals surface area contributed by atoms with Crippen LogP contribution in [0.25, 0.3) is 11.0 Å². The standard InChI is InChI=1S/C18H12ClNO3/c1-11-15-7-6-14(8-17(15)23-18(21)16(11)9-20)22-10-12-2-4-13(19)5-3-12/h2-8H,10H2,1H3. The maximum absolute atomic E-state index is 11.8. The zero-order valence-electron chi connectivity index (χ0n) is 12.3. The van der Waals surface area contributed by atoms with Crippen molar-refractivity contribution in [2.24, 2.45) is 0 Å². The number of halogens is 1. The average Bonchev–Trinajstić information content (AvgIpc) is 2.54. The van der Waals surface area contributed by atoms with Gasteiger partial charge in [0.2, 0.25) is 0 Å². The van der Waals surface area contributed by atoms with Crippen LogP contribution in [0, 0.1) is 18.3 Å². The lowest BCUT2D eigenvalue weighted by Crippen LogP contribution is -2.06. The zero-order chi connectivity index (χ0) is 16.4. The quantitative estimate of drug-likeness (QED) is 0.677. The molecule has 5 heteroatoms. The van der Waals surface area contributed by atoms with Gasteiger partial charge in [0.15, 0.2) is 0 Å². The molecule has 0 saturated heterocycles. The van der Waals surface area contributed by atoms with Gasteiger partial charge in [-0.15, -0.1) is 0 Å². The number of fused-ring (bicyclic) bond motifs is 1. The van der Waals surface area contributed by atoms with Gasteiger partial charge in [0.25, 0.3) is 0 Å². The summed E-state index contributed by atoms with van der Waals surface area (Å²) in [5.74, 6) is 0.583. The molecule has 0 aliphatic carbocycles. The molecule has 0 amide bonds. The van der Waals surface area contributed by atoms with Crippen molar-refractivity contribution in [1.82, 2.24) is 0 Å². The third-order valence-electron chi connectivity index (χ3n) is 3.57. The fourth-order valence-corrected chi connectivity index (χ4v) is 2.43. The molecular weight excluding hydrogens is 314 g/mol. The van der Waals surface area contributed by atoms with Gasteiger partial charge in [0, 0.05) is 16.5 Å². The van der Waals surface area contributed by atoms with Crippen molar-refractivity contribution in [2.45, 2.75) is 13.5 Å². The molecule has 0 spiro atoms. The van der Waals surface area contributed by atoms with Crippen LogP contribution in [-0.4, -0.2) is 0 Å². The number of hydrogen-bond donors (Lipinski definition) is 0. The van der Waals surface area contributed by atoms with Gasteiger partial charge in [-0.25, -0.2) is 4.79 Å². The summed E-state index contributed by atoms with van der Waals surface area (Å²) >= 11 is 5.84. The van der Waals surface area contributed by atoms with Crippen molar-refractivity contribution < 1.29 is 9.15 Å². The number of aryl methyl sites for hydroxylation is 1. The smallest absolute Gasteiger partial charge is 0.354 e. The van der Waals surface area contributed by atoms with E-state index in [1.54, 1.807) is 37.3 Å². The van der Waals surface area contributed by atoms with Gasteiger partial charge >= 0.3 is 5.63 Å². The van der Waals surface area contributed by atoms with E-state index in [9.17, 15) is 4.79 Å². The van der Waals surface area contributed by atoms with E-state index < -0.39 is 5.63 Å². The molecule has 0 atom stereocenters. The number of rotatable bonds is 3. The molecule has 3 rings (SSSR count). The summed E-state index contributed by atoms with van der Waals surface area (Å²) in [6, 6.07) is 14.5. The van der Waals surface area contributed by atoms with E-state index in [0.717, 1.165) is 10.9 Å². The fourth-order valence-electron chi connectivity index (χ4n) is 2.30. The van der Waals surface area contributed by atoms with E-state index in [2.05, 4.69) is 0 Å². The van der Waals surface area contributed by atoms with Gasteiger partial charge in [0.1, 0.15) is 29.6 Å². The monoisotopic (exact) mass is 325 g/mol. The van der Waals surface area contributed by atoms with E-state index in [1.807, 2.05) is 18.2 Å². The lowest BCUT2D eigenvalue weighted by Gasteiger charge is -2.08. The van der Waals surface area contributed by atoms with E-state index in [4.69, 9.17) is 26.0 Å². The van der Waals surface area contributed by atoms with Crippen molar-refractivity contribution >= 4 is 22.6 Å². The van der Waals surface area contributed by atoms with Gasteiger partial charge < -0.3 is 9.15 Å². The highest BCUT2D eigenvalue weighted by Crippen LogP contribution is 2.24. The molecule has 0 bridgehead atoms. The van der Waals surface area contributed by atoms with Crippen molar-refractivity contribution in [1.29, 1.82) is 5.26 Å². The minimum absolute atomic E-state index is 0.0346. The summed E-state index contributed by atoms with van der Waals surface area (Å²) in [6.07, 6.45) is 0. The summed E-state index contributed by atoms with van der Waals surface area (Å²) in [6.45, 7) is 2.11. The first-order chi connectivity index (χ1) is 11.1. The summed E-state index contributed by atoms with van der Waals surface area (Å²) in [5, 5.41) is 10.4. The third kappa shape index (κ3) is 3.05. The SMILES string of the molecule is Cc1c(C#N)c(=O)oc2cc(OCc3ccc(Cl)cc3)ccc12. The van der Waals surface area contributed by atoms with Crippen LogP contribution < -0.4 is 10.4 Å². The van der Waals surface area contributed by atoms with Crippen LogP contribution in [-0.2, 0) is 6.61 Å². The second-order valence-electron chi connectivity index (χ2n) is 5.07. The number of nitriles is 1. The maximum atomic E-state index is 11.8. The van der Waals surface area contributed by atoms with Crippen molar-refractivity contribution in [2.75, 3.05) is 0 Å². The minimum Gasteiger partial charge on any atom is -0.489 e. The second-order valence-corrected chi connectivity index (χ2v) is 5.51. The number of nitrogens with zero attached hydrogens (tertiary/aromatic N) is 1. The van der Waals surface area contributed by atoms with Gasteiger partial charge in [-0.1, -0.05) is 23.7 Å². The second kappa shape index (κ2) is 6.15. The molecule has 4 nitrogen and oxygen atoms in total. The van der Waals surface area contributed by atoms with Crippen LogP contribution in [0.1, 0.15) is 16.7 Å². The topological polar surface area (TPSA) is 63.2 Å². The van der Waals surface area contributed by atoms with Crippen LogP contribution in [0.3, 0.4) is 0 Å². The first-order valence-corrected chi connectivity index (χ1v) is 7.31. The normalized spacial score (nSPS) is 10.5. The molecule has 0 unspecified atom stereocenters. The third-order valence-corrected chi connectivity index (χ3v) is 3.82. The zero-order valence-corrected chi connectivity index (χ0v) is 13.1. The van der Waals surface area contributed by atoms with Gasteiger partial charge in [0.05, 0.1) is 0 Å². The Morgan fingerprint density at radius 3 is 2.65 bits per heavy atom. The van der Waals surface area contributed by atoms with E-state index in [-0.39, 0.29) is 5.56 Å². The average molecular weight is 326 g/mol. The lowest BCUT2D eigenvalue weighted by atomic mass is 10.1. The van der Waals surface area contributed by atoms with Crippen LogP contribution >= 0.6 is 11.6 Å². The highest BCUT2D eigenvalue weighted by atomic mass is 35.5. The molecule has 0 aliphatic rings. The Labute approximate surface area is 137 Å². The van der Waals surface area contributed by atoms with Crippen LogP contribution in [0.2, 0.25) is 5.02 Å². The van der Waals surface area contributed by atoms with E-state index >= 15 is 0 Å². The first-order valence-electron chi connectivity index (χ1n) is 6.93. The molecule has 1 heterocycles. The molecule has 0 aliphatic heterocycles. The summed E-state index contributed by atoms with van der Waals surface area (Å²) in [7, 11) is 0. The number of benzene rings is 2. The van der Waals surface area contributed by atoms with Crippen LogP contribution in [0.4, 0.5) is 0 Å². The van der Waals surface area contributed by atoms with Crippen LogP contribution in [0.15, 0.2) is 51.7 Å². The molecule has 3 aromatic rings. The molecule has 114 valence electrons. The Bertz CT molecular complexity index is 968. The molecule has 0 saturated carbocycles. The van der Waals surface area contributed by atoms with E-state index in [0.29, 0.717) is 28.5 Å². The van der Waals surface area contributed by atoms with Crippen molar-refractivity contribution in [3.05, 3.63) is 74.6 Å². The van der Waals surface area contributed by atoms with Gasteiger partial charge in [-0.2, -0.15) is 5.26 Å². The molecule has 0 radical (unpaired) electrons. The Morgan fingerprint density at radius 2 is 1.96 bits per heavy atom. The maximum Gasteiger partial charge on any atom is 0.354 e. The van der Waals surface area contributed by atoms with Crippen molar-refractivity contribution in [3.63, 3.8) is 0 Å². The molecule has 0 N–H and O–H groups in total. The first kappa shape index (κ1) is 15.1. The predicted octanol–water partition coefficient (Wildman–Crippen LogP) is 4.21. The summed E-state index contributed by atoms with van der Waals surface area (Å²) in [4.78, 5) is 11.8. The van der Waals surface area contributed by atoms with Gasteiger partial charge in [-0.3, -0.25) is 0 Å². The lowest BCUT2D eigenvalue weighted by molar-refractivity contribution is 0.306. The largest absolute Gasteiger partial charge is 0.489 e. The highest BCUT2D eigenvalue weighted by molar-refractivity contribution is 6.30. The fraction of sp³-hybridized carbons (Fsp3) is 0.111. The van der Waals surface area contributed by atoms with Gasteiger partial charge in [-0.05, 0) is 42.3 Å². The molecule has 2 aromatic carbocycles. The Hall–Kier alpha value is -2.77. The predicted molar refractivity (Wildman–Crippen MR) is 87.7 cm³/mol. The molecule has 23 heavy (non-hydrogen) atoms. The van der Waals surface area contributed by atoms with Crippen molar-refractivity contribution in [3.8, 4) is 11.8 Å². The summed E-state index contributed by atoms with van der Waals surface area (Å²) < 4.78 is 10.9. The Morgan fingerprint density at radius 1 is 1.22 bits per heavy atom. The number of hydrogen-bond acceptors (Lipinski definition) is 4.